The van der Waals surface area contributed by atoms with Gasteiger partial charge in [-0.05, 0) is 30.5 Å². The van der Waals surface area contributed by atoms with Crippen LogP contribution in [0.4, 0.5) is 30.7 Å². The lowest BCUT2D eigenvalue weighted by Crippen LogP contribution is -2.69. The maximum atomic E-state index is 14.2. The van der Waals surface area contributed by atoms with Crippen LogP contribution in [0.15, 0.2) is 42.9 Å². The Labute approximate surface area is 205 Å². The highest BCUT2D eigenvalue weighted by Gasteiger charge is 2.72. The Morgan fingerprint density at radius 1 is 1.08 bits per heavy atom. The Kier molecular flexibility index (Phi) is 7.53. The Morgan fingerprint density at radius 3 is 2.14 bits per heavy atom. The Hall–Kier alpha value is -3.32. The molecule has 1 heterocycles. The molecule has 1 aliphatic rings. The summed E-state index contributed by atoms with van der Waals surface area (Å²) in [5.74, 6) is -5.17. The molecule has 3 rings (SSSR count). The van der Waals surface area contributed by atoms with Gasteiger partial charge in [0.05, 0.1) is 23.3 Å². The maximum absolute atomic E-state index is 14.2. The lowest BCUT2D eigenvalue weighted by Gasteiger charge is -2.40. The number of amides is 1. The molecule has 2 N–H and O–H groups in total. The maximum Gasteiger partial charge on any atom is 0.419 e. The van der Waals surface area contributed by atoms with Crippen LogP contribution < -0.4 is 10.6 Å². The van der Waals surface area contributed by atoms with Gasteiger partial charge in [-0.1, -0.05) is 12.1 Å². The number of rotatable bonds is 9. The van der Waals surface area contributed by atoms with Crippen molar-refractivity contribution in [3.8, 4) is 6.07 Å². The first-order valence-electron chi connectivity index (χ1n) is 10.4. The zero-order valence-electron chi connectivity index (χ0n) is 18.6. The van der Waals surface area contributed by atoms with Crippen molar-refractivity contribution < 1.29 is 43.9 Å². The van der Waals surface area contributed by atoms with Crippen LogP contribution in [0.5, 0.6) is 0 Å². The molecule has 16 heteroatoms. The zero-order chi connectivity index (χ0) is 27.7. The van der Waals surface area contributed by atoms with Crippen molar-refractivity contribution in [2.75, 3.05) is 5.75 Å². The van der Waals surface area contributed by atoms with E-state index < -0.39 is 68.1 Å². The van der Waals surface area contributed by atoms with Gasteiger partial charge < -0.3 is 5.32 Å². The number of alkyl halides is 6. The summed E-state index contributed by atoms with van der Waals surface area (Å²) in [6.07, 6.45) is -8.89. The van der Waals surface area contributed by atoms with Crippen molar-refractivity contribution in [1.29, 1.82) is 5.26 Å². The minimum absolute atomic E-state index is 0.0654. The van der Waals surface area contributed by atoms with Gasteiger partial charge in [-0.3, -0.25) is 20.1 Å². The van der Waals surface area contributed by atoms with Crippen molar-refractivity contribution in [2.45, 2.75) is 48.1 Å². The van der Waals surface area contributed by atoms with E-state index in [1.807, 2.05) is 5.32 Å². The average Bonchev–Trinajstić information content (AvgIpc) is 3.55. The van der Waals surface area contributed by atoms with Crippen LogP contribution in [0, 0.1) is 17.1 Å². The highest BCUT2D eigenvalue weighted by Crippen LogP contribution is 2.50. The average molecular weight is 553 g/mol. The van der Waals surface area contributed by atoms with Gasteiger partial charge in [0.2, 0.25) is 11.4 Å². The predicted octanol–water partition coefficient (Wildman–Crippen LogP) is 2.68. The molecule has 0 radical (unpaired) electrons. The van der Waals surface area contributed by atoms with Gasteiger partial charge in [0, 0.05) is 18.6 Å². The number of nitrogens with zero attached hydrogens (tertiary/aromatic N) is 3. The molecule has 8 nitrogen and oxygen atoms in total. The number of hydrogen-bond donors (Lipinski definition) is 2. The number of halogens is 7. The second-order valence-electron chi connectivity index (χ2n) is 8.38. The summed E-state index contributed by atoms with van der Waals surface area (Å²) in [5, 5.41) is 12.4. The van der Waals surface area contributed by atoms with E-state index in [9.17, 15) is 49.2 Å². The molecule has 200 valence electrons. The third-order valence-corrected chi connectivity index (χ3v) is 7.14. The van der Waals surface area contributed by atoms with Crippen molar-refractivity contribution in [1.82, 2.24) is 20.6 Å². The summed E-state index contributed by atoms with van der Waals surface area (Å²) in [4.78, 5) is 20.2. The van der Waals surface area contributed by atoms with Crippen molar-refractivity contribution in [3.05, 3.63) is 59.9 Å². The summed E-state index contributed by atoms with van der Waals surface area (Å²) in [7, 11) is -4.58. The molecule has 1 aliphatic carbocycles. The topological polar surface area (TPSA) is 125 Å². The van der Waals surface area contributed by atoms with Crippen molar-refractivity contribution in [2.24, 2.45) is 0 Å². The van der Waals surface area contributed by atoms with E-state index in [4.69, 9.17) is 0 Å². The van der Waals surface area contributed by atoms with Crippen LogP contribution in [0.3, 0.4) is 0 Å². The number of benzene rings is 1. The fourth-order valence-corrected chi connectivity index (χ4v) is 4.99. The minimum Gasteiger partial charge on any atom is -0.336 e. The van der Waals surface area contributed by atoms with Crippen molar-refractivity contribution in [3.63, 3.8) is 0 Å². The quantitative estimate of drug-likeness (QED) is 0.458. The highest BCUT2D eigenvalue weighted by molar-refractivity contribution is 7.90. The first kappa shape index (κ1) is 28.3. The zero-order valence-corrected chi connectivity index (χ0v) is 19.4. The molecule has 1 fully saturated rings. The summed E-state index contributed by atoms with van der Waals surface area (Å²) < 4.78 is 124. The number of sulfone groups is 1. The first-order valence-corrected chi connectivity index (χ1v) is 12.2. The van der Waals surface area contributed by atoms with Gasteiger partial charge in [0.25, 0.3) is 0 Å². The normalized spacial score (nSPS) is 16.5. The Morgan fingerprint density at radius 2 is 1.68 bits per heavy atom. The smallest absolute Gasteiger partial charge is 0.336 e. The fourth-order valence-electron chi connectivity index (χ4n) is 3.53. The van der Waals surface area contributed by atoms with Crippen LogP contribution in [-0.2, 0) is 25.9 Å². The molecule has 0 bridgehead atoms. The van der Waals surface area contributed by atoms with Gasteiger partial charge in [-0.25, -0.2) is 12.8 Å². The van der Waals surface area contributed by atoms with E-state index in [1.54, 1.807) is 6.07 Å². The fraction of sp³-hybridized carbons (Fsp3) is 0.429. The van der Waals surface area contributed by atoms with Crippen LogP contribution in [-0.4, -0.2) is 54.0 Å². The number of nitrogens with one attached hydrogen (secondary N) is 2. The van der Waals surface area contributed by atoms with Gasteiger partial charge in [-0.15, -0.1) is 0 Å². The lowest BCUT2D eigenvalue weighted by molar-refractivity contribution is -0.315. The van der Waals surface area contributed by atoms with Gasteiger partial charge in [0.15, 0.2) is 9.84 Å². The van der Waals surface area contributed by atoms with Gasteiger partial charge in [0.1, 0.15) is 17.4 Å². The van der Waals surface area contributed by atoms with E-state index in [2.05, 4.69) is 9.97 Å². The van der Waals surface area contributed by atoms with Crippen LogP contribution in [0.1, 0.15) is 24.1 Å². The monoisotopic (exact) mass is 553 g/mol. The molecule has 1 aromatic heterocycles. The highest BCUT2D eigenvalue weighted by atomic mass is 32.2. The molecule has 0 unspecified atom stereocenters. The van der Waals surface area contributed by atoms with E-state index in [-0.39, 0.29) is 30.7 Å². The standard InChI is InChI=1S/C21H18F7N5O3S/c22-14-3-1-13(2-4-14)19(20(23,24)25,21(26,27)28)32-16(17(34)33-18(12-29)5-6-18)11-37(35,36)10-15-9-30-7-8-31-15/h1-4,7-9,16,32H,5-6,10-11H2,(H,33,34)/t16-/m0/s1. The van der Waals surface area contributed by atoms with Crippen LogP contribution in [0.25, 0.3) is 0 Å². The van der Waals surface area contributed by atoms with Crippen molar-refractivity contribution >= 4 is 15.7 Å². The number of carbonyl (C=O) groups is 1. The first-order chi connectivity index (χ1) is 17.0. The molecule has 0 aliphatic heterocycles. The molecular weight excluding hydrogens is 535 g/mol. The SMILES string of the molecule is N#CC1(NC(=O)[C@H](CS(=O)(=O)Cc2cnccn2)NC(c2ccc(F)cc2)(C(F)(F)F)C(F)(F)F)CC1. The molecule has 1 aromatic carbocycles. The molecular formula is C21H18F7N5O3S. The summed E-state index contributed by atoms with van der Waals surface area (Å²) in [5.41, 5.74) is -8.21. The summed E-state index contributed by atoms with van der Waals surface area (Å²) in [6, 6.07) is 0.221. The second kappa shape index (κ2) is 9.86. The van der Waals surface area contributed by atoms with E-state index in [0.29, 0.717) is 12.1 Å². The predicted molar refractivity (Wildman–Crippen MR) is 112 cm³/mol. The summed E-state index contributed by atoms with van der Waals surface area (Å²) >= 11 is 0. The Bertz CT molecular complexity index is 1260. The van der Waals surface area contributed by atoms with E-state index >= 15 is 0 Å². The summed E-state index contributed by atoms with van der Waals surface area (Å²) in [6.45, 7) is 0. The molecule has 0 saturated heterocycles. The number of nitriles is 1. The molecule has 1 amide bonds. The second-order valence-corrected chi connectivity index (χ2v) is 10.5. The van der Waals surface area contributed by atoms with E-state index in [0.717, 1.165) is 12.4 Å². The third kappa shape index (κ3) is 6.16. The number of hydrogen-bond acceptors (Lipinski definition) is 7. The number of aromatic nitrogens is 2. The molecule has 37 heavy (non-hydrogen) atoms. The van der Waals surface area contributed by atoms with Crippen LogP contribution >= 0.6 is 0 Å². The van der Waals surface area contributed by atoms with Gasteiger partial charge in [-0.2, -0.15) is 31.6 Å². The molecule has 1 saturated carbocycles. The molecule has 1 atom stereocenters. The van der Waals surface area contributed by atoms with Crippen LogP contribution in [0.2, 0.25) is 0 Å². The Balaban J connectivity index is 2.09. The number of carbonyl (C=O) groups excluding carboxylic acids is 1. The lowest BCUT2D eigenvalue weighted by atomic mass is 9.87. The van der Waals surface area contributed by atoms with Gasteiger partial charge >= 0.3 is 12.4 Å². The molecule has 2 aromatic rings. The third-order valence-electron chi connectivity index (χ3n) is 5.57. The largest absolute Gasteiger partial charge is 0.419 e. The molecule has 0 spiro atoms. The van der Waals surface area contributed by atoms with E-state index in [1.165, 1.54) is 11.5 Å². The minimum atomic E-state index is -6.18.